The first-order chi connectivity index (χ1) is 9.19. The molecule has 0 aliphatic carbocycles. The van der Waals surface area contributed by atoms with Crippen LogP contribution in [0.15, 0.2) is 54.6 Å². The summed E-state index contributed by atoms with van der Waals surface area (Å²) in [4.78, 5) is 12.0. The molecule has 2 N–H and O–H groups in total. The lowest BCUT2D eigenvalue weighted by Crippen LogP contribution is -1.94. The zero-order valence-corrected chi connectivity index (χ0v) is 11.0. The van der Waals surface area contributed by atoms with E-state index in [1.54, 1.807) is 12.2 Å². The topological polar surface area (TPSA) is 43.1 Å². The number of hydrogen-bond acceptors (Lipinski definition) is 2. The Kier molecular flexibility index (Phi) is 4.14. The van der Waals surface area contributed by atoms with Crippen molar-refractivity contribution < 1.29 is 4.79 Å². The van der Waals surface area contributed by atoms with Crippen molar-refractivity contribution in [3.63, 3.8) is 0 Å². The minimum atomic E-state index is 0.0134. The molecule has 0 bridgehead atoms. The van der Waals surface area contributed by atoms with Crippen LogP contribution in [0.4, 0.5) is 5.69 Å². The molecule has 19 heavy (non-hydrogen) atoms. The van der Waals surface area contributed by atoms with E-state index in [1.165, 1.54) is 5.56 Å². The number of allylic oxidation sites excluding steroid dienone is 1. The number of rotatable bonds is 4. The first-order valence-electron chi connectivity index (χ1n) is 6.36. The maximum Gasteiger partial charge on any atom is 0.185 e. The molecule has 0 saturated heterocycles. The second-order valence-corrected chi connectivity index (χ2v) is 4.41. The molecule has 2 aromatic carbocycles. The number of aryl methyl sites for hydroxylation is 1. The largest absolute Gasteiger partial charge is 0.399 e. The predicted octanol–water partition coefficient (Wildman–Crippen LogP) is 3.73. The summed E-state index contributed by atoms with van der Waals surface area (Å²) < 4.78 is 0. The van der Waals surface area contributed by atoms with Crippen molar-refractivity contribution in [2.75, 3.05) is 5.73 Å². The van der Waals surface area contributed by atoms with E-state index in [9.17, 15) is 4.79 Å². The van der Waals surface area contributed by atoms with Crippen molar-refractivity contribution in [3.8, 4) is 0 Å². The Balaban J connectivity index is 2.09. The van der Waals surface area contributed by atoms with Crippen LogP contribution in [-0.4, -0.2) is 5.78 Å². The van der Waals surface area contributed by atoms with Gasteiger partial charge in [0, 0.05) is 11.3 Å². The number of hydrogen-bond donors (Lipinski definition) is 1. The Bertz CT molecular complexity index is 580. The molecule has 0 fully saturated rings. The average Bonchev–Trinajstić information content (AvgIpc) is 2.46. The van der Waals surface area contributed by atoms with Gasteiger partial charge in [-0.25, -0.2) is 0 Å². The molecule has 0 amide bonds. The highest BCUT2D eigenvalue weighted by Crippen LogP contribution is 2.10. The number of anilines is 1. The molecule has 2 aromatic rings. The third-order valence-electron chi connectivity index (χ3n) is 3.01. The number of carbonyl (C=O) groups is 1. The Labute approximate surface area is 113 Å². The molecule has 0 saturated carbocycles. The van der Waals surface area contributed by atoms with Crippen molar-refractivity contribution in [2.45, 2.75) is 13.3 Å². The summed E-state index contributed by atoms with van der Waals surface area (Å²) in [5.41, 5.74) is 9.24. The van der Waals surface area contributed by atoms with E-state index in [4.69, 9.17) is 5.73 Å². The number of benzene rings is 2. The Morgan fingerprint density at radius 3 is 2.26 bits per heavy atom. The molecular weight excluding hydrogens is 234 g/mol. The summed E-state index contributed by atoms with van der Waals surface area (Å²) in [5.74, 6) is 0.0134. The van der Waals surface area contributed by atoms with Gasteiger partial charge in [-0.1, -0.05) is 49.4 Å². The van der Waals surface area contributed by atoms with Gasteiger partial charge < -0.3 is 5.73 Å². The number of ketones is 1. The van der Waals surface area contributed by atoms with E-state index < -0.39 is 0 Å². The highest BCUT2D eigenvalue weighted by molar-refractivity contribution is 6.06. The number of nitrogen functional groups attached to an aromatic ring is 1. The smallest absolute Gasteiger partial charge is 0.185 e. The fourth-order valence-electron chi connectivity index (χ4n) is 1.78. The summed E-state index contributed by atoms with van der Waals surface area (Å²) in [6.45, 7) is 2.10. The van der Waals surface area contributed by atoms with Gasteiger partial charge in [0.15, 0.2) is 5.78 Å². The van der Waals surface area contributed by atoms with Crippen LogP contribution in [0.5, 0.6) is 0 Å². The third kappa shape index (κ3) is 3.55. The molecule has 96 valence electrons. The molecule has 0 aromatic heterocycles. The van der Waals surface area contributed by atoms with Gasteiger partial charge in [-0.2, -0.15) is 0 Å². The molecule has 0 atom stereocenters. The van der Waals surface area contributed by atoms with Gasteiger partial charge >= 0.3 is 0 Å². The van der Waals surface area contributed by atoms with E-state index >= 15 is 0 Å². The predicted molar refractivity (Wildman–Crippen MR) is 80.0 cm³/mol. The molecule has 0 spiro atoms. The Morgan fingerprint density at radius 2 is 1.68 bits per heavy atom. The number of nitrogens with two attached hydrogens (primary N) is 1. The van der Waals surface area contributed by atoms with Crippen LogP contribution in [0, 0.1) is 0 Å². The van der Waals surface area contributed by atoms with Crippen molar-refractivity contribution in [3.05, 3.63) is 71.3 Å². The first kappa shape index (κ1) is 13.1. The van der Waals surface area contributed by atoms with Crippen molar-refractivity contribution >= 4 is 17.5 Å². The molecule has 0 aliphatic heterocycles. The molecule has 2 heteroatoms. The lowest BCUT2D eigenvalue weighted by Gasteiger charge is -1.99. The van der Waals surface area contributed by atoms with E-state index in [0.29, 0.717) is 5.56 Å². The molecule has 2 nitrogen and oxygen atoms in total. The molecule has 0 aliphatic rings. The van der Waals surface area contributed by atoms with Crippen LogP contribution in [0.3, 0.4) is 0 Å². The maximum atomic E-state index is 12.0. The summed E-state index contributed by atoms with van der Waals surface area (Å²) in [5, 5.41) is 0. The Hall–Kier alpha value is -2.35. The lowest BCUT2D eigenvalue weighted by atomic mass is 10.1. The van der Waals surface area contributed by atoms with E-state index in [-0.39, 0.29) is 5.78 Å². The molecule has 0 radical (unpaired) electrons. The SMILES string of the molecule is CCc1ccc(C(=O)/C=C/c2ccc(N)cc2)cc1. The van der Waals surface area contributed by atoms with E-state index in [0.717, 1.165) is 17.7 Å². The lowest BCUT2D eigenvalue weighted by molar-refractivity contribution is 0.104. The summed E-state index contributed by atoms with van der Waals surface area (Å²) in [6, 6.07) is 15.1. The zero-order valence-electron chi connectivity index (χ0n) is 11.0. The quantitative estimate of drug-likeness (QED) is 0.511. The molecule has 2 rings (SSSR count). The highest BCUT2D eigenvalue weighted by atomic mass is 16.1. The highest BCUT2D eigenvalue weighted by Gasteiger charge is 2.01. The van der Waals surface area contributed by atoms with Crippen molar-refractivity contribution in [1.82, 2.24) is 0 Å². The van der Waals surface area contributed by atoms with Gasteiger partial charge in [0.05, 0.1) is 0 Å². The van der Waals surface area contributed by atoms with Gasteiger partial charge in [-0.15, -0.1) is 0 Å². The average molecular weight is 251 g/mol. The monoisotopic (exact) mass is 251 g/mol. The van der Waals surface area contributed by atoms with Crippen molar-refractivity contribution in [2.24, 2.45) is 0 Å². The van der Waals surface area contributed by atoms with E-state index in [1.807, 2.05) is 48.5 Å². The van der Waals surface area contributed by atoms with Gasteiger partial charge in [0.25, 0.3) is 0 Å². The summed E-state index contributed by atoms with van der Waals surface area (Å²) in [7, 11) is 0. The van der Waals surface area contributed by atoms with Crippen LogP contribution < -0.4 is 5.73 Å². The minimum Gasteiger partial charge on any atom is -0.399 e. The normalized spacial score (nSPS) is 10.8. The van der Waals surface area contributed by atoms with Crippen LogP contribution in [0.25, 0.3) is 6.08 Å². The molecular formula is C17H17NO. The van der Waals surface area contributed by atoms with Crippen LogP contribution in [-0.2, 0) is 6.42 Å². The second-order valence-electron chi connectivity index (χ2n) is 4.41. The molecule has 0 heterocycles. The minimum absolute atomic E-state index is 0.0134. The van der Waals surface area contributed by atoms with Crippen LogP contribution >= 0.6 is 0 Å². The van der Waals surface area contributed by atoms with Gasteiger partial charge in [-0.3, -0.25) is 4.79 Å². The number of carbonyl (C=O) groups excluding carboxylic acids is 1. The fourth-order valence-corrected chi connectivity index (χ4v) is 1.78. The summed E-state index contributed by atoms with van der Waals surface area (Å²) >= 11 is 0. The first-order valence-corrected chi connectivity index (χ1v) is 6.36. The van der Waals surface area contributed by atoms with Gasteiger partial charge in [-0.05, 0) is 35.8 Å². The van der Waals surface area contributed by atoms with Crippen molar-refractivity contribution in [1.29, 1.82) is 0 Å². The van der Waals surface area contributed by atoms with E-state index in [2.05, 4.69) is 6.92 Å². The fraction of sp³-hybridized carbons (Fsp3) is 0.118. The summed E-state index contributed by atoms with van der Waals surface area (Å²) in [6.07, 6.45) is 4.37. The van der Waals surface area contributed by atoms with Gasteiger partial charge in [0.2, 0.25) is 0 Å². The standard InChI is InChI=1S/C17H17NO/c1-2-13-3-8-15(9-4-13)17(19)12-7-14-5-10-16(18)11-6-14/h3-12H,2,18H2,1H3/b12-7+. The van der Waals surface area contributed by atoms with Crippen LogP contribution in [0.2, 0.25) is 0 Å². The zero-order chi connectivity index (χ0) is 13.7. The molecule has 0 unspecified atom stereocenters. The second kappa shape index (κ2) is 6.01. The Morgan fingerprint density at radius 1 is 1.05 bits per heavy atom. The van der Waals surface area contributed by atoms with Gasteiger partial charge in [0.1, 0.15) is 0 Å². The third-order valence-corrected chi connectivity index (χ3v) is 3.01. The van der Waals surface area contributed by atoms with Crippen LogP contribution in [0.1, 0.15) is 28.4 Å². The maximum absolute atomic E-state index is 12.0.